The SMILES string of the molecule is COc1ccc(Cl)cc1/C=C1/NC(=O)N(C)C1=O. The van der Waals surface area contributed by atoms with E-state index in [0.29, 0.717) is 16.3 Å². The molecule has 1 aliphatic heterocycles. The minimum Gasteiger partial charge on any atom is -0.496 e. The molecule has 0 radical (unpaired) electrons. The third kappa shape index (κ3) is 2.17. The highest BCUT2D eigenvalue weighted by atomic mass is 35.5. The van der Waals surface area contributed by atoms with Gasteiger partial charge in [-0.1, -0.05) is 11.6 Å². The van der Waals surface area contributed by atoms with Crippen LogP contribution in [-0.2, 0) is 4.79 Å². The first-order valence-electron chi connectivity index (χ1n) is 5.17. The number of rotatable bonds is 2. The van der Waals surface area contributed by atoms with Gasteiger partial charge in [0, 0.05) is 17.6 Å². The van der Waals surface area contributed by atoms with Crippen molar-refractivity contribution in [3.8, 4) is 5.75 Å². The van der Waals surface area contributed by atoms with E-state index >= 15 is 0 Å². The van der Waals surface area contributed by atoms with Crippen molar-refractivity contribution in [2.75, 3.05) is 14.2 Å². The number of hydrogen-bond acceptors (Lipinski definition) is 3. The number of hydrogen-bond donors (Lipinski definition) is 1. The molecule has 6 heteroatoms. The van der Waals surface area contributed by atoms with Gasteiger partial charge in [0.2, 0.25) is 0 Å². The van der Waals surface area contributed by atoms with Crippen LogP contribution in [0.3, 0.4) is 0 Å². The van der Waals surface area contributed by atoms with E-state index in [1.807, 2.05) is 0 Å². The van der Waals surface area contributed by atoms with Crippen molar-refractivity contribution in [1.82, 2.24) is 10.2 Å². The van der Waals surface area contributed by atoms with Gasteiger partial charge in [0.15, 0.2) is 0 Å². The molecular weight excluding hydrogens is 256 g/mol. The van der Waals surface area contributed by atoms with Gasteiger partial charge in [0.1, 0.15) is 11.4 Å². The largest absolute Gasteiger partial charge is 0.496 e. The molecule has 1 saturated heterocycles. The quantitative estimate of drug-likeness (QED) is 0.657. The molecule has 0 bridgehead atoms. The Kier molecular flexibility index (Phi) is 3.25. The summed E-state index contributed by atoms with van der Waals surface area (Å²) in [5.41, 5.74) is 0.826. The van der Waals surface area contributed by atoms with E-state index in [1.54, 1.807) is 18.2 Å². The predicted octanol–water partition coefficient (Wildman–Crippen LogP) is 1.87. The van der Waals surface area contributed by atoms with Crippen molar-refractivity contribution in [3.05, 3.63) is 34.5 Å². The van der Waals surface area contributed by atoms with Crippen molar-refractivity contribution in [2.24, 2.45) is 0 Å². The van der Waals surface area contributed by atoms with E-state index in [9.17, 15) is 9.59 Å². The highest BCUT2D eigenvalue weighted by molar-refractivity contribution is 6.30. The molecular formula is C12H11ClN2O3. The van der Waals surface area contributed by atoms with E-state index in [2.05, 4.69) is 5.32 Å². The lowest BCUT2D eigenvalue weighted by atomic mass is 10.1. The summed E-state index contributed by atoms with van der Waals surface area (Å²) in [6.45, 7) is 0. The number of halogens is 1. The molecule has 1 N–H and O–H groups in total. The summed E-state index contributed by atoms with van der Waals surface area (Å²) in [7, 11) is 2.93. The fourth-order valence-electron chi connectivity index (χ4n) is 1.60. The molecule has 0 aromatic heterocycles. The lowest BCUT2D eigenvalue weighted by Crippen LogP contribution is -2.25. The second-order valence-corrected chi connectivity index (χ2v) is 4.18. The minimum absolute atomic E-state index is 0.197. The number of carbonyl (C=O) groups is 2. The zero-order valence-electron chi connectivity index (χ0n) is 9.86. The van der Waals surface area contributed by atoms with Crippen molar-refractivity contribution >= 4 is 29.6 Å². The van der Waals surface area contributed by atoms with Crippen LogP contribution < -0.4 is 10.1 Å². The van der Waals surface area contributed by atoms with Gasteiger partial charge >= 0.3 is 6.03 Å². The Bertz CT molecular complexity index is 554. The number of nitrogens with one attached hydrogen (secondary N) is 1. The van der Waals surface area contributed by atoms with Gasteiger partial charge in [-0.05, 0) is 24.3 Å². The van der Waals surface area contributed by atoms with Gasteiger partial charge in [0.05, 0.1) is 7.11 Å². The minimum atomic E-state index is -0.452. The topological polar surface area (TPSA) is 58.6 Å². The Balaban J connectivity index is 2.42. The van der Waals surface area contributed by atoms with Gasteiger partial charge in [-0.25, -0.2) is 4.79 Å². The number of benzene rings is 1. The number of ether oxygens (including phenoxy) is 1. The summed E-state index contributed by atoms with van der Waals surface area (Å²) in [4.78, 5) is 24.0. The first-order chi connectivity index (χ1) is 8.52. The fraction of sp³-hybridized carbons (Fsp3) is 0.167. The molecule has 94 valence electrons. The molecule has 0 saturated carbocycles. The normalized spacial score (nSPS) is 17.3. The highest BCUT2D eigenvalue weighted by Crippen LogP contribution is 2.25. The Hall–Kier alpha value is -2.01. The molecule has 0 atom stereocenters. The van der Waals surface area contributed by atoms with E-state index in [0.717, 1.165) is 4.90 Å². The number of carbonyl (C=O) groups excluding carboxylic acids is 2. The van der Waals surface area contributed by atoms with Gasteiger partial charge < -0.3 is 10.1 Å². The van der Waals surface area contributed by atoms with Crippen LogP contribution in [0.4, 0.5) is 4.79 Å². The summed E-state index contributed by atoms with van der Waals surface area (Å²) in [6, 6.07) is 4.58. The smallest absolute Gasteiger partial charge is 0.328 e. The molecule has 0 spiro atoms. The van der Waals surface area contributed by atoms with Crippen LogP contribution in [0.2, 0.25) is 5.02 Å². The number of urea groups is 1. The molecule has 1 aromatic rings. The summed E-state index contributed by atoms with van der Waals surface area (Å²) in [6.07, 6.45) is 1.54. The van der Waals surface area contributed by atoms with Crippen molar-refractivity contribution < 1.29 is 14.3 Å². The first-order valence-corrected chi connectivity index (χ1v) is 5.55. The van der Waals surface area contributed by atoms with Gasteiger partial charge in [0.25, 0.3) is 5.91 Å². The molecule has 5 nitrogen and oxygen atoms in total. The van der Waals surface area contributed by atoms with E-state index < -0.39 is 6.03 Å². The molecule has 1 fully saturated rings. The standard InChI is InChI=1S/C12H11ClN2O3/c1-15-11(16)9(14-12(15)17)6-7-5-8(13)3-4-10(7)18-2/h3-6H,1-2H3,(H,14,17)/b9-6+. The van der Waals surface area contributed by atoms with Crippen LogP contribution in [0.1, 0.15) is 5.56 Å². The highest BCUT2D eigenvalue weighted by Gasteiger charge is 2.30. The van der Waals surface area contributed by atoms with Crippen molar-refractivity contribution in [2.45, 2.75) is 0 Å². The van der Waals surface area contributed by atoms with Crippen molar-refractivity contribution in [3.63, 3.8) is 0 Å². The first kappa shape index (κ1) is 12.4. The third-order valence-corrected chi connectivity index (χ3v) is 2.81. The molecule has 1 aliphatic rings. The third-order valence-electron chi connectivity index (χ3n) is 2.57. The Morgan fingerprint density at radius 1 is 1.39 bits per heavy atom. The molecule has 18 heavy (non-hydrogen) atoms. The summed E-state index contributed by atoms with van der Waals surface area (Å²) < 4.78 is 5.16. The Morgan fingerprint density at radius 2 is 2.11 bits per heavy atom. The number of likely N-dealkylation sites (N-methyl/N-ethyl adjacent to an activating group) is 1. The number of methoxy groups -OCH3 is 1. The number of amides is 3. The average molecular weight is 267 g/mol. The Morgan fingerprint density at radius 3 is 2.67 bits per heavy atom. The number of imide groups is 1. The maximum Gasteiger partial charge on any atom is 0.328 e. The fourth-order valence-corrected chi connectivity index (χ4v) is 1.78. The maximum absolute atomic E-state index is 11.7. The molecule has 1 heterocycles. The van der Waals surface area contributed by atoms with E-state index in [-0.39, 0.29) is 11.6 Å². The lowest BCUT2D eigenvalue weighted by Gasteiger charge is -2.05. The average Bonchev–Trinajstić information content (AvgIpc) is 2.57. The molecule has 2 rings (SSSR count). The molecule has 0 aliphatic carbocycles. The van der Waals surface area contributed by atoms with E-state index in [1.165, 1.54) is 20.2 Å². The van der Waals surface area contributed by atoms with Crippen LogP contribution >= 0.6 is 11.6 Å². The second-order valence-electron chi connectivity index (χ2n) is 3.74. The van der Waals surface area contributed by atoms with Crippen LogP contribution in [0, 0.1) is 0 Å². The number of nitrogens with zero attached hydrogens (tertiary/aromatic N) is 1. The monoisotopic (exact) mass is 266 g/mol. The summed E-state index contributed by atoms with van der Waals surface area (Å²) in [5.74, 6) is 0.186. The zero-order valence-corrected chi connectivity index (χ0v) is 10.6. The van der Waals surface area contributed by atoms with Crippen LogP contribution in [0.5, 0.6) is 5.75 Å². The Labute approximate surface area is 109 Å². The lowest BCUT2D eigenvalue weighted by molar-refractivity contribution is -0.121. The van der Waals surface area contributed by atoms with Gasteiger partial charge in [-0.2, -0.15) is 0 Å². The predicted molar refractivity (Wildman–Crippen MR) is 67.3 cm³/mol. The second kappa shape index (κ2) is 4.70. The maximum atomic E-state index is 11.7. The van der Waals surface area contributed by atoms with Crippen molar-refractivity contribution in [1.29, 1.82) is 0 Å². The van der Waals surface area contributed by atoms with Gasteiger partial charge in [-0.15, -0.1) is 0 Å². The summed E-state index contributed by atoms with van der Waals surface area (Å²) in [5, 5.41) is 2.99. The van der Waals surface area contributed by atoms with Crippen LogP contribution in [0.15, 0.2) is 23.9 Å². The molecule has 3 amide bonds. The summed E-state index contributed by atoms with van der Waals surface area (Å²) >= 11 is 5.89. The zero-order chi connectivity index (χ0) is 13.3. The van der Waals surface area contributed by atoms with E-state index in [4.69, 9.17) is 16.3 Å². The van der Waals surface area contributed by atoms with Crippen LogP contribution in [-0.4, -0.2) is 31.0 Å². The molecule has 1 aromatic carbocycles. The van der Waals surface area contributed by atoms with Crippen LogP contribution in [0.25, 0.3) is 6.08 Å². The molecule has 0 unspecified atom stereocenters. The van der Waals surface area contributed by atoms with Gasteiger partial charge in [-0.3, -0.25) is 9.69 Å².